The summed E-state index contributed by atoms with van der Waals surface area (Å²) in [6, 6.07) is 7.11. The van der Waals surface area contributed by atoms with Crippen LogP contribution in [0.15, 0.2) is 49.1 Å². The smallest absolute Gasteiger partial charge is 0.335 e. The minimum atomic E-state index is -0.896. The van der Waals surface area contributed by atoms with Crippen molar-refractivity contribution in [3.8, 4) is 11.5 Å². The Kier molecular flexibility index (Phi) is 4.93. The minimum Gasteiger partial charge on any atom is -0.478 e. The lowest BCUT2D eigenvalue weighted by atomic mass is 9.92. The first-order valence-electron chi connectivity index (χ1n) is 9.06. The average molecular weight is 363 g/mol. The Morgan fingerprint density at radius 1 is 1.15 bits per heavy atom. The summed E-state index contributed by atoms with van der Waals surface area (Å²) in [6.07, 6.45) is 9.12. The van der Waals surface area contributed by atoms with E-state index in [1.54, 1.807) is 36.9 Å². The Balaban J connectivity index is 1.50. The molecule has 2 N–H and O–H groups in total. The van der Waals surface area contributed by atoms with Gasteiger partial charge in [-0.25, -0.2) is 14.8 Å². The quantitative estimate of drug-likeness (QED) is 0.724. The number of piperidine rings is 1. The molecule has 1 aliphatic rings. The van der Waals surface area contributed by atoms with Gasteiger partial charge in [-0.2, -0.15) is 0 Å². The lowest BCUT2D eigenvalue weighted by Gasteiger charge is -2.32. The van der Waals surface area contributed by atoms with Crippen molar-refractivity contribution in [2.24, 2.45) is 0 Å². The molecule has 1 aliphatic heterocycles. The monoisotopic (exact) mass is 363 g/mol. The van der Waals surface area contributed by atoms with E-state index in [2.05, 4.69) is 24.8 Å². The Labute approximate surface area is 157 Å². The predicted molar refractivity (Wildman–Crippen MR) is 100 cm³/mol. The Bertz CT molecular complexity index is 908. The third kappa shape index (κ3) is 3.88. The second-order valence-corrected chi connectivity index (χ2v) is 6.80. The first kappa shape index (κ1) is 17.4. The number of carboxylic acid groups (broad SMARTS) is 1. The van der Waals surface area contributed by atoms with Crippen LogP contribution in [0.3, 0.4) is 0 Å². The number of aromatic amines is 1. The van der Waals surface area contributed by atoms with E-state index in [4.69, 9.17) is 5.11 Å². The van der Waals surface area contributed by atoms with E-state index in [1.165, 1.54) is 0 Å². The van der Waals surface area contributed by atoms with Gasteiger partial charge in [-0.15, -0.1) is 0 Å². The molecule has 1 saturated heterocycles. The zero-order chi connectivity index (χ0) is 18.6. The summed E-state index contributed by atoms with van der Waals surface area (Å²) in [5.41, 5.74) is 3.24. The van der Waals surface area contributed by atoms with Crippen LogP contribution in [-0.2, 0) is 6.54 Å². The topological polar surface area (TPSA) is 95.0 Å². The maximum Gasteiger partial charge on any atom is 0.335 e. The summed E-state index contributed by atoms with van der Waals surface area (Å²) in [5, 5.41) is 9.03. The van der Waals surface area contributed by atoms with E-state index in [0.29, 0.717) is 11.5 Å². The van der Waals surface area contributed by atoms with Crippen molar-refractivity contribution < 1.29 is 9.90 Å². The number of rotatable bonds is 5. The minimum absolute atomic E-state index is 0.297. The van der Waals surface area contributed by atoms with Crippen molar-refractivity contribution in [2.75, 3.05) is 13.1 Å². The molecule has 7 nitrogen and oxygen atoms in total. The molecule has 0 saturated carbocycles. The lowest BCUT2D eigenvalue weighted by Crippen LogP contribution is -2.34. The second-order valence-electron chi connectivity index (χ2n) is 6.80. The number of H-pyrrole nitrogens is 1. The predicted octanol–water partition coefficient (Wildman–Crippen LogP) is 2.94. The van der Waals surface area contributed by atoms with Gasteiger partial charge in [0.1, 0.15) is 5.69 Å². The molecule has 0 amide bonds. The van der Waals surface area contributed by atoms with Crippen molar-refractivity contribution in [1.82, 2.24) is 24.8 Å². The number of aromatic nitrogens is 4. The van der Waals surface area contributed by atoms with E-state index in [-0.39, 0.29) is 0 Å². The van der Waals surface area contributed by atoms with Crippen molar-refractivity contribution in [3.05, 3.63) is 65.9 Å². The second kappa shape index (κ2) is 7.67. The molecule has 0 unspecified atom stereocenters. The molecule has 0 bridgehead atoms. The van der Waals surface area contributed by atoms with Crippen molar-refractivity contribution in [1.29, 1.82) is 0 Å². The Hall–Kier alpha value is -3.06. The van der Waals surface area contributed by atoms with Crippen LogP contribution in [0.4, 0.5) is 0 Å². The molecule has 0 radical (unpaired) electrons. The van der Waals surface area contributed by atoms with E-state index >= 15 is 0 Å². The summed E-state index contributed by atoms with van der Waals surface area (Å²) >= 11 is 0. The molecular weight excluding hydrogens is 342 g/mol. The van der Waals surface area contributed by atoms with Crippen LogP contribution in [0.5, 0.6) is 0 Å². The molecule has 2 aromatic heterocycles. The van der Waals surface area contributed by atoms with Crippen LogP contribution in [-0.4, -0.2) is 49.0 Å². The molecule has 1 fully saturated rings. The maximum absolute atomic E-state index is 11.0. The highest BCUT2D eigenvalue weighted by atomic mass is 16.4. The maximum atomic E-state index is 11.0. The summed E-state index contributed by atoms with van der Waals surface area (Å²) in [5.74, 6) is 0.151. The number of carbonyl (C=O) groups is 1. The zero-order valence-corrected chi connectivity index (χ0v) is 14.9. The van der Waals surface area contributed by atoms with Crippen molar-refractivity contribution in [3.63, 3.8) is 0 Å². The molecule has 1 aromatic carbocycles. The summed E-state index contributed by atoms with van der Waals surface area (Å²) in [7, 11) is 0. The van der Waals surface area contributed by atoms with Crippen molar-refractivity contribution >= 4 is 5.97 Å². The zero-order valence-electron chi connectivity index (χ0n) is 14.9. The fraction of sp³-hybridized carbons (Fsp3) is 0.300. The van der Waals surface area contributed by atoms with Crippen LogP contribution in [0.25, 0.3) is 11.5 Å². The first-order valence-corrected chi connectivity index (χ1v) is 9.06. The molecule has 0 spiro atoms. The SMILES string of the molecule is O=C(O)c1ccc(CN2CCC[C@@H](c3nccnc3-c3ncc[nH]3)C2)cc1. The van der Waals surface area contributed by atoms with E-state index in [9.17, 15) is 4.79 Å². The highest BCUT2D eigenvalue weighted by Crippen LogP contribution is 2.31. The highest BCUT2D eigenvalue weighted by molar-refractivity contribution is 5.87. The number of carboxylic acids is 1. The number of aromatic carboxylic acids is 1. The van der Waals surface area contributed by atoms with Gasteiger partial charge < -0.3 is 10.1 Å². The normalized spacial score (nSPS) is 17.7. The van der Waals surface area contributed by atoms with Crippen LogP contribution < -0.4 is 0 Å². The summed E-state index contributed by atoms with van der Waals surface area (Å²) in [4.78, 5) is 30.0. The number of hydrogen-bond acceptors (Lipinski definition) is 5. The van der Waals surface area contributed by atoms with Crippen molar-refractivity contribution in [2.45, 2.75) is 25.3 Å². The highest BCUT2D eigenvalue weighted by Gasteiger charge is 2.26. The number of hydrogen-bond donors (Lipinski definition) is 2. The molecule has 4 rings (SSSR count). The van der Waals surface area contributed by atoms with Crippen LogP contribution >= 0.6 is 0 Å². The molecule has 0 aliphatic carbocycles. The number of likely N-dealkylation sites (tertiary alicyclic amines) is 1. The van der Waals surface area contributed by atoms with Gasteiger partial charge in [0, 0.05) is 43.8 Å². The van der Waals surface area contributed by atoms with Gasteiger partial charge in [-0.3, -0.25) is 9.88 Å². The molecule has 3 heterocycles. The molecule has 138 valence electrons. The number of nitrogens with zero attached hydrogens (tertiary/aromatic N) is 4. The fourth-order valence-corrected chi connectivity index (χ4v) is 3.66. The summed E-state index contributed by atoms with van der Waals surface area (Å²) in [6.45, 7) is 2.72. The van der Waals surface area contributed by atoms with Crippen LogP contribution in [0, 0.1) is 0 Å². The molecule has 3 aromatic rings. The van der Waals surface area contributed by atoms with Gasteiger partial charge >= 0.3 is 5.97 Å². The van der Waals surface area contributed by atoms with E-state index in [1.807, 2.05) is 12.1 Å². The molecular formula is C20H21N5O2. The largest absolute Gasteiger partial charge is 0.478 e. The molecule has 7 heteroatoms. The van der Waals surface area contributed by atoms with Crippen LogP contribution in [0.1, 0.15) is 40.4 Å². The molecule has 1 atom stereocenters. The first-order chi connectivity index (χ1) is 13.2. The lowest BCUT2D eigenvalue weighted by molar-refractivity contribution is 0.0697. The van der Waals surface area contributed by atoms with Gasteiger partial charge in [-0.1, -0.05) is 12.1 Å². The summed E-state index contributed by atoms with van der Waals surface area (Å²) < 4.78 is 0. The van der Waals surface area contributed by atoms with E-state index in [0.717, 1.165) is 55.3 Å². The number of benzene rings is 1. The fourth-order valence-electron chi connectivity index (χ4n) is 3.66. The molecule has 27 heavy (non-hydrogen) atoms. The van der Waals surface area contributed by atoms with E-state index < -0.39 is 5.97 Å². The Morgan fingerprint density at radius 2 is 1.96 bits per heavy atom. The third-order valence-corrected chi connectivity index (χ3v) is 4.95. The van der Waals surface area contributed by atoms with Gasteiger partial charge in [0.05, 0.1) is 11.3 Å². The van der Waals surface area contributed by atoms with Gasteiger partial charge in [0.15, 0.2) is 5.82 Å². The van der Waals surface area contributed by atoms with Gasteiger partial charge in [0.25, 0.3) is 0 Å². The number of imidazole rings is 1. The third-order valence-electron chi connectivity index (χ3n) is 4.95. The standard InChI is InChI=1S/C20H21N5O2/c26-20(27)15-5-3-14(4-6-15)12-25-11-1-2-16(13-25)17-18(22-8-7-21-17)19-23-9-10-24-19/h3-10,16H,1-2,11-13H2,(H,23,24)(H,26,27)/t16-/m1/s1. The Morgan fingerprint density at radius 3 is 2.70 bits per heavy atom. The van der Waals surface area contributed by atoms with Crippen LogP contribution in [0.2, 0.25) is 0 Å². The average Bonchev–Trinajstić information content (AvgIpc) is 3.23. The van der Waals surface area contributed by atoms with Gasteiger partial charge in [0.2, 0.25) is 0 Å². The van der Waals surface area contributed by atoms with Gasteiger partial charge in [-0.05, 0) is 37.1 Å². The number of nitrogens with one attached hydrogen (secondary N) is 1.